The number of aromatic nitrogens is 5. The second-order valence-electron chi connectivity index (χ2n) is 8.67. The molecule has 0 aliphatic carbocycles. The van der Waals surface area contributed by atoms with Crippen molar-refractivity contribution in [2.24, 2.45) is 0 Å². The molecule has 0 saturated carbocycles. The summed E-state index contributed by atoms with van der Waals surface area (Å²) in [6.45, 7) is 2.69. The summed E-state index contributed by atoms with van der Waals surface area (Å²) in [6.07, 6.45) is 1.29. The van der Waals surface area contributed by atoms with Crippen molar-refractivity contribution in [2.45, 2.75) is 12.5 Å². The number of fused-ring (bicyclic) bond motifs is 1. The van der Waals surface area contributed by atoms with Crippen LogP contribution in [0.4, 0.5) is 5.82 Å². The number of ether oxygens (including phenoxy) is 3. The number of imidazole rings is 1. The maximum absolute atomic E-state index is 12.7. The van der Waals surface area contributed by atoms with Gasteiger partial charge in [0.15, 0.2) is 22.9 Å². The van der Waals surface area contributed by atoms with Crippen molar-refractivity contribution in [1.29, 1.82) is 0 Å². The molecular weight excluding hydrogens is 514 g/mol. The maximum Gasteiger partial charge on any atom is 0.236 e. The largest absolute Gasteiger partial charge is 0.494 e. The van der Waals surface area contributed by atoms with Gasteiger partial charge >= 0.3 is 0 Å². The van der Waals surface area contributed by atoms with Crippen molar-refractivity contribution in [3.8, 4) is 34.6 Å². The van der Waals surface area contributed by atoms with Crippen LogP contribution in [0.15, 0.2) is 42.6 Å². The molecule has 4 aromatic rings. The Morgan fingerprint density at radius 1 is 1.08 bits per heavy atom. The fourth-order valence-electron chi connectivity index (χ4n) is 4.17. The summed E-state index contributed by atoms with van der Waals surface area (Å²) in [5, 5.41) is 13.1. The number of hydrogen-bond acceptors (Lipinski definition) is 11. The Hall–Kier alpha value is -4.01. The summed E-state index contributed by atoms with van der Waals surface area (Å²) in [5.41, 5.74) is 0.124. The van der Waals surface area contributed by atoms with Gasteiger partial charge in [-0.1, -0.05) is 12.1 Å². The van der Waals surface area contributed by atoms with E-state index in [1.54, 1.807) is 41.0 Å². The molecule has 1 aliphatic rings. The molecule has 1 aliphatic heterocycles. The number of para-hydroxylation sites is 1. The number of rotatable bonds is 10. The lowest BCUT2D eigenvalue weighted by Gasteiger charge is -2.36. The van der Waals surface area contributed by atoms with Crippen LogP contribution >= 0.6 is 0 Å². The molecule has 38 heavy (non-hydrogen) atoms. The van der Waals surface area contributed by atoms with E-state index in [1.165, 1.54) is 20.4 Å². The Morgan fingerprint density at radius 2 is 1.79 bits per heavy atom. The van der Waals surface area contributed by atoms with Crippen LogP contribution in [-0.2, 0) is 10.0 Å². The van der Waals surface area contributed by atoms with E-state index in [1.807, 2.05) is 6.92 Å². The van der Waals surface area contributed by atoms with Gasteiger partial charge in [-0.2, -0.15) is 0 Å². The van der Waals surface area contributed by atoms with Crippen LogP contribution in [0.2, 0.25) is 0 Å². The molecule has 1 fully saturated rings. The highest BCUT2D eigenvalue weighted by Gasteiger charge is 2.39. The Balaban J connectivity index is 1.66. The lowest BCUT2D eigenvalue weighted by Crippen LogP contribution is -2.63. The predicted octanol–water partition coefficient (Wildman–Crippen LogP) is 1.37. The number of anilines is 1. The fourth-order valence-corrected chi connectivity index (χ4v) is 5.57. The number of pyridine rings is 1. The van der Waals surface area contributed by atoms with Gasteiger partial charge < -0.3 is 24.6 Å². The number of benzene rings is 1. The Labute approximate surface area is 218 Å². The van der Waals surface area contributed by atoms with Crippen molar-refractivity contribution in [1.82, 2.24) is 29.8 Å². The molecule has 3 N–H and O–H groups in total. The van der Waals surface area contributed by atoms with Crippen molar-refractivity contribution in [3.05, 3.63) is 42.6 Å². The Kier molecular flexibility index (Phi) is 6.77. The number of hydrogen-bond donors (Lipinski definition) is 3. The maximum atomic E-state index is 12.7. The van der Waals surface area contributed by atoms with Gasteiger partial charge in [-0.15, -0.1) is 0 Å². The minimum Gasteiger partial charge on any atom is -0.494 e. The minimum absolute atomic E-state index is 0.0346. The van der Waals surface area contributed by atoms with Gasteiger partial charge in [0.2, 0.25) is 15.9 Å². The van der Waals surface area contributed by atoms with E-state index in [0.29, 0.717) is 46.8 Å². The molecule has 13 nitrogen and oxygen atoms in total. The van der Waals surface area contributed by atoms with Crippen LogP contribution in [0.3, 0.4) is 0 Å². The highest BCUT2D eigenvalue weighted by atomic mass is 32.2. The molecule has 0 atom stereocenters. The van der Waals surface area contributed by atoms with E-state index in [2.05, 4.69) is 30.0 Å². The molecule has 0 radical (unpaired) electrons. The van der Waals surface area contributed by atoms with Crippen LogP contribution in [0.5, 0.6) is 17.4 Å². The lowest BCUT2D eigenvalue weighted by molar-refractivity contribution is 0.0121. The summed E-state index contributed by atoms with van der Waals surface area (Å²) >= 11 is 0. The first-order chi connectivity index (χ1) is 18.3. The van der Waals surface area contributed by atoms with Crippen molar-refractivity contribution >= 4 is 27.1 Å². The van der Waals surface area contributed by atoms with Crippen LogP contribution in [0, 0.1) is 0 Å². The standard InChI is InChI=1S/C24H27N7O6S/c1-4-37-19-10-5-7-15(27-19)22-29-21-23(31(22)20-16(35-2)8-6-9-17(20)36-3)26-11-18(28-21)30-38(33,34)14-24(32)12-25-13-24/h5-11,25,32H,4,12-14H2,1-3H3,(H,28,30). The third kappa shape index (κ3) is 4.92. The summed E-state index contributed by atoms with van der Waals surface area (Å²) in [6, 6.07) is 10.6. The van der Waals surface area contributed by atoms with Crippen molar-refractivity contribution in [2.75, 3.05) is 44.4 Å². The first-order valence-corrected chi connectivity index (χ1v) is 13.4. The first-order valence-electron chi connectivity index (χ1n) is 11.8. The second kappa shape index (κ2) is 10.0. The zero-order valence-electron chi connectivity index (χ0n) is 21.0. The molecule has 0 spiro atoms. The van der Waals surface area contributed by atoms with Crippen LogP contribution in [0.25, 0.3) is 28.5 Å². The average molecular weight is 542 g/mol. The molecule has 14 heteroatoms. The van der Waals surface area contributed by atoms with Gasteiger partial charge in [-0.25, -0.2) is 28.4 Å². The smallest absolute Gasteiger partial charge is 0.236 e. The van der Waals surface area contributed by atoms with E-state index in [9.17, 15) is 13.5 Å². The fraction of sp³-hybridized carbons (Fsp3) is 0.333. The van der Waals surface area contributed by atoms with Gasteiger partial charge in [0.1, 0.15) is 34.2 Å². The molecule has 1 aromatic carbocycles. The van der Waals surface area contributed by atoms with Crippen LogP contribution < -0.4 is 24.2 Å². The number of nitrogens with one attached hydrogen (secondary N) is 2. The molecule has 0 amide bonds. The molecular formula is C24H27N7O6S. The topological polar surface area (TPSA) is 163 Å². The van der Waals surface area contributed by atoms with E-state index in [-0.39, 0.29) is 24.6 Å². The minimum atomic E-state index is -3.91. The summed E-state index contributed by atoms with van der Waals surface area (Å²) in [5.74, 6) is 1.23. The molecule has 0 unspecified atom stereocenters. The van der Waals surface area contributed by atoms with Gasteiger partial charge in [0.05, 0.1) is 27.0 Å². The molecule has 4 heterocycles. The lowest BCUT2D eigenvalue weighted by atomic mass is 10.0. The van der Waals surface area contributed by atoms with Crippen LogP contribution in [0.1, 0.15) is 6.92 Å². The summed E-state index contributed by atoms with van der Waals surface area (Å²) in [4.78, 5) is 18.2. The number of aliphatic hydroxyl groups is 1. The Morgan fingerprint density at radius 3 is 2.42 bits per heavy atom. The Bertz CT molecular complexity index is 1560. The highest BCUT2D eigenvalue weighted by Crippen LogP contribution is 2.38. The van der Waals surface area contributed by atoms with Crippen molar-refractivity contribution < 1.29 is 27.7 Å². The number of sulfonamides is 1. The third-order valence-corrected chi connectivity index (χ3v) is 7.31. The molecule has 1 saturated heterocycles. The van der Waals surface area contributed by atoms with Gasteiger partial charge in [0, 0.05) is 19.2 Å². The number of nitrogens with zero attached hydrogens (tertiary/aromatic N) is 5. The highest BCUT2D eigenvalue weighted by molar-refractivity contribution is 7.92. The van der Waals surface area contributed by atoms with Gasteiger partial charge in [0.25, 0.3) is 0 Å². The second-order valence-corrected chi connectivity index (χ2v) is 10.4. The SMILES string of the molecule is CCOc1cccc(-c2nc3nc(NS(=O)(=O)CC4(O)CNC4)cnc3n2-c2c(OC)cccc2OC)n1. The quantitative estimate of drug-likeness (QED) is 0.266. The van der Waals surface area contributed by atoms with Crippen LogP contribution in [-0.4, -0.2) is 83.3 Å². The predicted molar refractivity (Wildman–Crippen MR) is 139 cm³/mol. The molecule has 5 rings (SSSR count). The number of methoxy groups -OCH3 is 2. The first kappa shape index (κ1) is 25.6. The number of β-amino-alcohol motifs (C(OH)–C–C–N with tert-alkyl or cyclic N) is 1. The van der Waals surface area contributed by atoms with Crippen molar-refractivity contribution in [3.63, 3.8) is 0 Å². The van der Waals surface area contributed by atoms with Gasteiger partial charge in [-0.3, -0.25) is 9.29 Å². The van der Waals surface area contributed by atoms with E-state index >= 15 is 0 Å². The normalized spacial score (nSPS) is 14.6. The summed E-state index contributed by atoms with van der Waals surface area (Å²) in [7, 11) is -0.835. The zero-order chi connectivity index (χ0) is 26.9. The van der Waals surface area contributed by atoms with E-state index < -0.39 is 21.4 Å². The summed E-state index contributed by atoms with van der Waals surface area (Å²) < 4.78 is 46.3. The molecule has 3 aromatic heterocycles. The molecule has 200 valence electrons. The van der Waals surface area contributed by atoms with Gasteiger partial charge in [-0.05, 0) is 25.1 Å². The monoisotopic (exact) mass is 541 g/mol. The average Bonchev–Trinajstić information content (AvgIpc) is 3.25. The molecule has 0 bridgehead atoms. The van der Waals surface area contributed by atoms with E-state index in [0.717, 1.165) is 0 Å². The third-order valence-electron chi connectivity index (χ3n) is 5.87. The van der Waals surface area contributed by atoms with E-state index in [4.69, 9.17) is 14.2 Å². The zero-order valence-corrected chi connectivity index (χ0v) is 21.8.